The van der Waals surface area contributed by atoms with Crippen molar-refractivity contribution in [2.24, 2.45) is 5.92 Å². The molecule has 0 radical (unpaired) electrons. The number of hydrogen-bond acceptors (Lipinski definition) is 5. The van der Waals surface area contributed by atoms with E-state index in [-0.39, 0.29) is 24.9 Å². The molecule has 1 aromatic rings. The summed E-state index contributed by atoms with van der Waals surface area (Å²) in [5.74, 6) is 0.0858. The Morgan fingerprint density at radius 1 is 1.55 bits per heavy atom. The minimum atomic E-state index is -0.820. The third kappa shape index (κ3) is 3.94. The Morgan fingerprint density at radius 3 is 3.00 bits per heavy atom. The van der Waals surface area contributed by atoms with E-state index in [0.29, 0.717) is 24.8 Å². The van der Waals surface area contributed by atoms with E-state index in [0.717, 1.165) is 12.8 Å². The highest BCUT2D eigenvalue weighted by atomic mass is 16.5. The summed E-state index contributed by atoms with van der Waals surface area (Å²) < 4.78 is 4.81. The predicted molar refractivity (Wildman–Crippen MR) is 67.8 cm³/mol. The van der Waals surface area contributed by atoms with Gasteiger partial charge in [-0.05, 0) is 18.8 Å². The minimum absolute atomic E-state index is 0.0272. The molecule has 0 aromatic carbocycles. The molecule has 1 aliphatic rings. The van der Waals surface area contributed by atoms with Crippen LogP contribution < -0.4 is 5.32 Å². The number of piperidine rings is 1. The fraction of sp³-hybridized carbons (Fsp3) is 0.667. The van der Waals surface area contributed by atoms with Gasteiger partial charge in [-0.25, -0.2) is 4.79 Å². The molecule has 110 valence electrons. The number of nitrogens with one attached hydrogen (secondary N) is 1. The lowest BCUT2D eigenvalue weighted by atomic mass is 9.95. The summed E-state index contributed by atoms with van der Waals surface area (Å²) >= 11 is 0. The van der Waals surface area contributed by atoms with Gasteiger partial charge in [0.05, 0.1) is 6.54 Å². The molecule has 20 heavy (non-hydrogen) atoms. The maximum Gasteiger partial charge on any atom is 0.317 e. The molecule has 8 nitrogen and oxygen atoms in total. The van der Waals surface area contributed by atoms with Crippen molar-refractivity contribution in [3.05, 3.63) is 11.7 Å². The zero-order chi connectivity index (χ0) is 14.5. The second-order valence-corrected chi connectivity index (χ2v) is 4.94. The standard InChI is InChI=1S/C12H18N4O4/c1-8-14-10(15-20-8)6-13-12(19)16-4-2-3-9(7-16)5-11(17)18/h9H,2-7H2,1H3,(H,13,19)(H,17,18). The Labute approximate surface area is 116 Å². The number of carbonyl (C=O) groups excluding carboxylic acids is 1. The SMILES string of the molecule is Cc1nc(CNC(=O)N2CCCC(CC(=O)O)C2)no1. The highest BCUT2D eigenvalue weighted by Gasteiger charge is 2.25. The Bertz CT molecular complexity index is 488. The van der Waals surface area contributed by atoms with Gasteiger partial charge in [-0.2, -0.15) is 4.98 Å². The van der Waals surface area contributed by atoms with Gasteiger partial charge in [-0.15, -0.1) is 0 Å². The molecule has 0 saturated carbocycles. The monoisotopic (exact) mass is 282 g/mol. The van der Waals surface area contributed by atoms with E-state index in [1.807, 2.05) is 0 Å². The van der Waals surface area contributed by atoms with Gasteiger partial charge < -0.3 is 19.8 Å². The molecule has 1 aromatic heterocycles. The predicted octanol–water partition coefficient (Wildman–Crippen LogP) is 0.774. The first-order valence-electron chi connectivity index (χ1n) is 6.58. The Hall–Kier alpha value is -2.12. The number of likely N-dealkylation sites (tertiary alicyclic amines) is 1. The van der Waals surface area contributed by atoms with Crippen LogP contribution in [0, 0.1) is 12.8 Å². The van der Waals surface area contributed by atoms with Crippen LogP contribution in [0.5, 0.6) is 0 Å². The first-order chi connectivity index (χ1) is 9.54. The fourth-order valence-corrected chi connectivity index (χ4v) is 2.34. The van der Waals surface area contributed by atoms with Crippen molar-refractivity contribution in [3.8, 4) is 0 Å². The van der Waals surface area contributed by atoms with Crippen LogP contribution in [0.15, 0.2) is 4.52 Å². The average Bonchev–Trinajstić information content (AvgIpc) is 2.81. The lowest BCUT2D eigenvalue weighted by Crippen LogP contribution is -2.45. The molecule has 2 amide bonds. The first-order valence-corrected chi connectivity index (χ1v) is 6.58. The van der Waals surface area contributed by atoms with Crippen LogP contribution in [0.25, 0.3) is 0 Å². The molecule has 1 aliphatic heterocycles. The number of aliphatic carboxylic acids is 1. The summed E-state index contributed by atoms with van der Waals surface area (Å²) in [6.45, 7) is 3.01. The van der Waals surface area contributed by atoms with Crippen molar-refractivity contribution in [2.45, 2.75) is 32.7 Å². The summed E-state index contributed by atoms with van der Waals surface area (Å²) in [5.41, 5.74) is 0. The van der Waals surface area contributed by atoms with E-state index < -0.39 is 5.97 Å². The molecule has 1 saturated heterocycles. The molecule has 1 atom stereocenters. The van der Waals surface area contributed by atoms with Crippen LogP contribution >= 0.6 is 0 Å². The van der Waals surface area contributed by atoms with Crippen molar-refractivity contribution in [2.75, 3.05) is 13.1 Å². The lowest BCUT2D eigenvalue weighted by molar-refractivity contribution is -0.138. The number of hydrogen-bond donors (Lipinski definition) is 2. The quantitative estimate of drug-likeness (QED) is 0.844. The summed E-state index contributed by atoms with van der Waals surface area (Å²) in [6, 6.07) is -0.220. The number of amides is 2. The molecule has 2 heterocycles. The summed E-state index contributed by atoms with van der Waals surface area (Å²) in [5, 5.41) is 15.2. The van der Waals surface area contributed by atoms with Gasteiger partial charge in [0.15, 0.2) is 5.82 Å². The van der Waals surface area contributed by atoms with E-state index >= 15 is 0 Å². The number of carboxylic acids is 1. The van der Waals surface area contributed by atoms with Crippen molar-refractivity contribution in [1.29, 1.82) is 0 Å². The maximum absolute atomic E-state index is 12.0. The van der Waals surface area contributed by atoms with E-state index in [9.17, 15) is 9.59 Å². The maximum atomic E-state index is 12.0. The number of carbonyl (C=O) groups is 2. The minimum Gasteiger partial charge on any atom is -0.481 e. The van der Waals surface area contributed by atoms with Crippen LogP contribution in [0.2, 0.25) is 0 Å². The van der Waals surface area contributed by atoms with Crippen molar-refractivity contribution < 1.29 is 19.2 Å². The molecular formula is C12H18N4O4. The van der Waals surface area contributed by atoms with Gasteiger partial charge in [0, 0.05) is 26.4 Å². The molecule has 0 bridgehead atoms. The molecule has 8 heteroatoms. The molecular weight excluding hydrogens is 264 g/mol. The fourth-order valence-electron chi connectivity index (χ4n) is 2.34. The summed E-state index contributed by atoms with van der Waals surface area (Å²) in [4.78, 5) is 28.3. The molecule has 0 aliphatic carbocycles. The third-order valence-electron chi connectivity index (χ3n) is 3.24. The number of nitrogens with zero attached hydrogens (tertiary/aromatic N) is 3. The Morgan fingerprint density at radius 2 is 2.35 bits per heavy atom. The van der Waals surface area contributed by atoms with Crippen LogP contribution in [-0.4, -0.2) is 45.2 Å². The second kappa shape index (κ2) is 6.36. The first kappa shape index (κ1) is 14.3. The zero-order valence-electron chi connectivity index (χ0n) is 11.3. The Balaban J connectivity index is 1.81. The van der Waals surface area contributed by atoms with Crippen molar-refractivity contribution in [1.82, 2.24) is 20.4 Å². The highest BCUT2D eigenvalue weighted by molar-refractivity contribution is 5.74. The van der Waals surface area contributed by atoms with Gasteiger partial charge in [0.2, 0.25) is 5.89 Å². The summed E-state index contributed by atoms with van der Waals surface area (Å²) in [7, 11) is 0. The largest absolute Gasteiger partial charge is 0.481 e. The topological polar surface area (TPSA) is 109 Å². The van der Waals surface area contributed by atoms with Crippen molar-refractivity contribution in [3.63, 3.8) is 0 Å². The van der Waals surface area contributed by atoms with E-state index in [1.165, 1.54) is 0 Å². The molecule has 1 unspecified atom stereocenters. The molecule has 2 rings (SSSR count). The van der Waals surface area contributed by atoms with Gasteiger partial charge in [-0.1, -0.05) is 5.16 Å². The van der Waals surface area contributed by atoms with E-state index in [4.69, 9.17) is 9.63 Å². The highest BCUT2D eigenvalue weighted by Crippen LogP contribution is 2.19. The summed E-state index contributed by atoms with van der Waals surface area (Å²) in [6.07, 6.45) is 1.78. The smallest absolute Gasteiger partial charge is 0.317 e. The van der Waals surface area contributed by atoms with Gasteiger partial charge >= 0.3 is 12.0 Å². The zero-order valence-corrected chi connectivity index (χ0v) is 11.3. The Kier molecular flexibility index (Phi) is 4.54. The van der Waals surface area contributed by atoms with Crippen molar-refractivity contribution >= 4 is 12.0 Å². The number of aromatic nitrogens is 2. The second-order valence-electron chi connectivity index (χ2n) is 4.94. The van der Waals surface area contributed by atoms with Gasteiger partial charge in [0.1, 0.15) is 0 Å². The number of rotatable bonds is 4. The van der Waals surface area contributed by atoms with E-state index in [2.05, 4.69) is 15.5 Å². The normalized spacial score (nSPS) is 18.9. The number of carboxylic acid groups (broad SMARTS) is 1. The van der Waals surface area contributed by atoms with E-state index in [1.54, 1.807) is 11.8 Å². The number of urea groups is 1. The molecule has 0 spiro atoms. The number of aryl methyl sites for hydroxylation is 1. The van der Waals surface area contributed by atoms with Gasteiger partial charge in [0.25, 0.3) is 0 Å². The van der Waals surface area contributed by atoms with Crippen LogP contribution in [0.1, 0.15) is 31.0 Å². The van der Waals surface area contributed by atoms with Gasteiger partial charge in [-0.3, -0.25) is 4.79 Å². The van der Waals surface area contributed by atoms with Crippen LogP contribution in [0.4, 0.5) is 4.79 Å². The molecule has 2 N–H and O–H groups in total. The molecule has 1 fully saturated rings. The van der Waals surface area contributed by atoms with Crippen LogP contribution in [0.3, 0.4) is 0 Å². The average molecular weight is 282 g/mol. The lowest BCUT2D eigenvalue weighted by Gasteiger charge is -2.31. The van der Waals surface area contributed by atoms with Crippen LogP contribution in [-0.2, 0) is 11.3 Å². The third-order valence-corrected chi connectivity index (χ3v) is 3.24.